The van der Waals surface area contributed by atoms with Crippen LogP contribution in [0.1, 0.15) is 80.2 Å². The van der Waals surface area contributed by atoms with E-state index >= 15 is 0 Å². The average Bonchev–Trinajstić information content (AvgIpc) is 3.28. The largest absolute Gasteiger partial charge is 0.493 e. The van der Waals surface area contributed by atoms with Crippen molar-refractivity contribution in [2.45, 2.75) is 87.8 Å². The van der Waals surface area contributed by atoms with Crippen molar-refractivity contribution in [3.05, 3.63) is 88.2 Å². The zero-order valence-corrected chi connectivity index (χ0v) is 25.6. The molecule has 6 rings (SSSR count). The number of hydrogen-bond acceptors (Lipinski definition) is 4. The van der Waals surface area contributed by atoms with Gasteiger partial charge in [0.1, 0.15) is 11.3 Å². The Kier molecular flexibility index (Phi) is 8.33. The number of pyridine rings is 1. The molecule has 3 atom stereocenters. The van der Waals surface area contributed by atoms with E-state index in [2.05, 4.69) is 41.5 Å². The van der Waals surface area contributed by atoms with Crippen LogP contribution in [0.25, 0.3) is 0 Å². The molecule has 1 aromatic heterocycles. The van der Waals surface area contributed by atoms with Gasteiger partial charge in [-0.05, 0) is 110 Å². The Bertz CT molecular complexity index is 1520. The van der Waals surface area contributed by atoms with Crippen LogP contribution in [-0.2, 0) is 23.1 Å². The maximum Gasteiger partial charge on any atom is 0.395 e. The summed E-state index contributed by atoms with van der Waals surface area (Å²) in [5, 5.41) is 14.3. The minimum atomic E-state index is -4.34. The highest BCUT2D eigenvalue weighted by molar-refractivity contribution is 6.30. The first-order chi connectivity index (χ1) is 21.0. The Morgan fingerprint density at radius 3 is 2.64 bits per heavy atom. The van der Waals surface area contributed by atoms with Crippen molar-refractivity contribution >= 4 is 23.3 Å². The predicted octanol–water partition coefficient (Wildman–Crippen LogP) is 8.74. The highest BCUT2D eigenvalue weighted by Crippen LogP contribution is 2.56. The van der Waals surface area contributed by atoms with Crippen LogP contribution in [0.2, 0.25) is 5.02 Å². The number of aryl methyl sites for hydroxylation is 1. The minimum absolute atomic E-state index is 0.0565. The third kappa shape index (κ3) is 5.78. The van der Waals surface area contributed by atoms with E-state index in [1.54, 1.807) is 24.4 Å². The Balaban J connectivity index is 1.19. The first-order valence-corrected chi connectivity index (χ1v) is 15.9. The van der Waals surface area contributed by atoms with Crippen molar-refractivity contribution in [1.82, 2.24) is 4.98 Å². The van der Waals surface area contributed by atoms with Crippen LogP contribution in [0.4, 0.5) is 18.9 Å². The number of hydrogen-bond donors (Lipinski definition) is 2. The van der Waals surface area contributed by atoms with Gasteiger partial charge in [-0.25, -0.2) is 4.79 Å². The second kappa shape index (κ2) is 11.9. The van der Waals surface area contributed by atoms with E-state index in [1.165, 1.54) is 11.1 Å². The highest BCUT2D eigenvalue weighted by atomic mass is 35.5. The molecule has 9 heteroatoms. The molecule has 5 nitrogen and oxygen atoms in total. The number of halogens is 4. The van der Waals surface area contributed by atoms with Crippen molar-refractivity contribution in [3.63, 3.8) is 0 Å². The molecule has 44 heavy (non-hydrogen) atoms. The fourth-order valence-corrected chi connectivity index (χ4v) is 8.32. The molecule has 1 fully saturated rings. The van der Waals surface area contributed by atoms with Crippen LogP contribution in [0.15, 0.2) is 60.8 Å². The van der Waals surface area contributed by atoms with Crippen molar-refractivity contribution < 1.29 is 27.8 Å². The number of carboxylic acids is 1. The van der Waals surface area contributed by atoms with Crippen LogP contribution in [0.3, 0.4) is 0 Å². The lowest BCUT2D eigenvalue weighted by Crippen LogP contribution is -2.53. The molecule has 0 amide bonds. The lowest BCUT2D eigenvalue weighted by atomic mass is 9.59. The minimum Gasteiger partial charge on any atom is -0.493 e. The normalized spacial score (nSPS) is 26.9. The second-order valence-electron chi connectivity index (χ2n) is 13.0. The number of anilines is 1. The number of fused-ring (bicyclic) bond motifs is 3. The maximum absolute atomic E-state index is 13.9. The van der Waals surface area contributed by atoms with E-state index in [0.717, 1.165) is 12.8 Å². The van der Waals surface area contributed by atoms with Crippen LogP contribution >= 0.6 is 11.6 Å². The van der Waals surface area contributed by atoms with Gasteiger partial charge in [0.2, 0.25) is 0 Å². The molecule has 3 aromatic rings. The summed E-state index contributed by atoms with van der Waals surface area (Å²) >= 11 is 6.19. The summed E-state index contributed by atoms with van der Waals surface area (Å²) in [5.41, 5.74) is 2.72. The number of alkyl halides is 3. The fourth-order valence-electron chi connectivity index (χ4n) is 8.13. The fraction of sp³-hybridized carbons (Fsp3) is 0.486. The van der Waals surface area contributed by atoms with Gasteiger partial charge in [0, 0.05) is 28.2 Å². The van der Waals surface area contributed by atoms with Crippen molar-refractivity contribution in [1.29, 1.82) is 0 Å². The van der Waals surface area contributed by atoms with Gasteiger partial charge >= 0.3 is 12.1 Å². The first-order valence-electron chi connectivity index (χ1n) is 15.5. The molecule has 1 unspecified atom stereocenters. The first kappa shape index (κ1) is 30.8. The summed E-state index contributed by atoms with van der Waals surface area (Å²) < 4.78 is 47.9. The quantitative estimate of drug-likeness (QED) is 0.262. The maximum atomic E-state index is 13.9. The van der Waals surface area contributed by atoms with Gasteiger partial charge in [-0.3, -0.25) is 4.98 Å². The van der Waals surface area contributed by atoms with Gasteiger partial charge < -0.3 is 15.2 Å². The lowest BCUT2D eigenvalue weighted by Gasteiger charge is -2.47. The van der Waals surface area contributed by atoms with Gasteiger partial charge in [0.05, 0.1) is 12.5 Å². The van der Waals surface area contributed by atoms with Gasteiger partial charge in [-0.15, -0.1) is 0 Å². The van der Waals surface area contributed by atoms with Crippen molar-refractivity contribution in [2.75, 3.05) is 11.9 Å². The van der Waals surface area contributed by atoms with Gasteiger partial charge in [0.15, 0.2) is 0 Å². The number of nitrogens with one attached hydrogen (secondary N) is 1. The molecule has 3 aliphatic rings. The predicted molar refractivity (Wildman–Crippen MR) is 164 cm³/mol. The van der Waals surface area contributed by atoms with E-state index in [9.17, 15) is 23.1 Å². The molecule has 1 saturated carbocycles. The standard InChI is InChI=1S/C35H38ClF3N2O3/c1-22(21-44-30-12-17-40-29-11-5-10-28(31(29)30)35(37,38)39)18-24-19-23-6-2-3-9-27(23)33(24)13-15-34(16-14-33,32(42)43)41-26-8-4-7-25(36)20-26/h2-4,6-9,12,17,20,22,24,28,41H,5,10-11,13-16,18-19,21H2,1H3,(H,42,43)/t22-,24?,28-,33?,34?/m1/s1. The van der Waals surface area contributed by atoms with E-state index < -0.39 is 23.6 Å². The van der Waals surface area contributed by atoms with Crippen LogP contribution < -0.4 is 10.1 Å². The van der Waals surface area contributed by atoms with Gasteiger partial charge in [-0.1, -0.05) is 48.9 Å². The van der Waals surface area contributed by atoms with Crippen LogP contribution in [0.5, 0.6) is 5.75 Å². The summed E-state index contributed by atoms with van der Waals surface area (Å²) in [4.78, 5) is 16.9. The number of nitrogens with zero attached hydrogens (tertiary/aromatic N) is 1. The van der Waals surface area contributed by atoms with E-state index in [1.807, 2.05) is 12.1 Å². The monoisotopic (exact) mass is 626 g/mol. The molecule has 0 saturated heterocycles. The highest BCUT2D eigenvalue weighted by Gasteiger charge is 2.54. The van der Waals surface area contributed by atoms with E-state index in [0.29, 0.717) is 67.3 Å². The third-order valence-corrected chi connectivity index (χ3v) is 10.5. The Hall–Kier alpha value is -3.26. The molecule has 0 bridgehead atoms. The molecule has 0 aliphatic heterocycles. The van der Waals surface area contributed by atoms with Crippen LogP contribution in [-0.4, -0.2) is 34.4 Å². The van der Waals surface area contributed by atoms with Crippen molar-refractivity contribution in [2.24, 2.45) is 11.8 Å². The molecule has 0 radical (unpaired) electrons. The van der Waals surface area contributed by atoms with E-state index in [4.69, 9.17) is 16.3 Å². The zero-order valence-electron chi connectivity index (χ0n) is 24.8. The number of ether oxygens (including phenoxy) is 1. The molecule has 1 spiro atoms. The Labute approximate surface area is 261 Å². The molecule has 3 aliphatic carbocycles. The number of aromatic nitrogens is 1. The molecule has 234 valence electrons. The summed E-state index contributed by atoms with van der Waals surface area (Å²) in [6.07, 6.45) is 2.34. The molecule has 1 heterocycles. The zero-order chi connectivity index (χ0) is 31.1. The van der Waals surface area contributed by atoms with E-state index in [-0.39, 0.29) is 29.2 Å². The summed E-state index contributed by atoms with van der Waals surface area (Å²) in [7, 11) is 0. The SMILES string of the molecule is C[C@@H](COc1ccnc2c1[C@H](C(F)(F)F)CCC2)CC1Cc2ccccc2C12CCC(Nc1cccc(Cl)c1)(C(=O)O)CC2. The lowest BCUT2D eigenvalue weighted by molar-refractivity contribution is -0.153. The number of benzene rings is 2. The number of rotatable bonds is 8. The third-order valence-electron chi connectivity index (χ3n) is 10.3. The number of aliphatic carboxylic acids is 1. The average molecular weight is 627 g/mol. The molecular formula is C35H38ClF3N2O3. The summed E-state index contributed by atoms with van der Waals surface area (Å²) in [5.74, 6) is -1.77. The second-order valence-corrected chi connectivity index (χ2v) is 13.5. The van der Waals surface area contributed by atoms with Gasteiger partial charge in [-0.2, -0.15) is 13.2 Å². The Morgan fingerprint density at radius 2 is 1.91 bits per heavy atom. The molecule has 2 aromatic carbocycles. The smallest absolute Gasteiger partial charge is 0.395 e. The molecule has 2 N–H and O–H groups in total. The molecular weight excluding hydrogens is 589 g/mol. The topological polar surface area (TPSA) is 71.5 Å². The van der Waals surface area contributed by atoms with Crippen LogP contribution in [0, 0.1) is 11.8 Å². The summed E-state index contributed by atoms with van der Waals surface area (Å²) in [6.45, 7) is 2.40. The Morgan fingerprint density at radius 1 is 1.14 bits per heavy atom. The number of carbonyl (C=O) groups is 1. The number of carboxylic acid groups (broad SMARTS) is 1. The van der Waals surface area contributed by atoms with Gasteiger partial charge in [0.25, 0.3) is 0 Å². The summed E-state index contributed by atoms with van der Waals surface area (Å²) in [6, 6.07) is 17.2. The van der Waals surface area contributed by atoms with Crippen molar-refractivity contribution in [3.8, 4) is 5.75 Å².